The molecule has 2 aromatic carbocycles. The summed E-state index contributed by atoms with van der Waals surface area (Å²) in [5.41, 5.74) is 3.38. The molecule has 15 heteroatoms. The zero-order valence-corrected chi connectivity index (χ0v) is 34.9. The highest BCUT2D eigenvalue weighted by molar-refractivity contribution is 5.85. The van der Waals surface area contributed by atoms with Crippen molar-refractivity contribution in [1.82, 2.24) is 40.4 Å². The van der Waals surface area contributed by atoms with E-state index in [1.807, 2.05) is 117 Å². The molecule has 8 rings (SSSR count). The number of fused-ring (bicyclic) bond motifs is 2. The number of alkyl carbamates (subject to hydrolysis) is 2. The third-order valence-electron chi connectivity index (χ3n) is 12.2. The van der Waals surface area contributed by atoms with Gasteiger partial charge in [-0.15, -0.1) is 12.4 Å². The topological polar surface area (TPSA) is 154 Å². The number of nitrogens with zero attached hydrogens (tertiary/aromatic N) is 5. The Morgan fingerprint density at radius 1 is 0.741 bits per heavy atom. The first kappa shape index (κ1) is 42.5. The van der Waals surface area contributed by atoms with E-state index in [1.165, 1.54) is 5.69 Å². The number of carbonyl (C=O) groups is 3. The molecule has 2 saturated carbocycles. The lowest BCUT2D eigenvalue weighted by molar-refractivity contribution is 0.0206. The van der Waals surface area contributed by atoms with Gasteiger partial charge in [0.25, 0.3) is 0 Å². The van der Waals surface area contributed by atoms with Gasteiger partial charge in [0.15, 0.2) is 0 Å². The molecule has 4 fully saturated rings. The van der Waals surface area contributed by atoms with Crippen molar-refractivity contribution in [2.24, 2.45) is 37.8 Å². The van der Waals surface area contributed by atoms with Crippen LogP contribution in [0.25, 0.3) is 0 Å². The number of carbonyl (C=O) groups excluding carboxylic acids is 3. The van der Waals surface area contributed by atoms with Crippen LogP contribution in [0.15, 0.2) is 85.2 Å². The second-order valence-electron chi connectivity index (χ2n) is 16.7. The minimum absolute atomic E-state index is 0. The maximum Gasteiger partial charge on any atom is 0.410 e. The molecule has 2 aliphatic carbocycles. The van der Waals surface area contributed by atoms with Gasteiger partial charge in [-0.05, 0) is 93.6 Å². The van der Waals surface area contributed by atoms with Crippen LogP contribution in [0.4, 0.5) is 14.4 Å². The minimum atomic E-state index is -0.527. The third-order valence-corrected chi connectivity index (χ3v) is 12.2. The molecule has 14 nitrogen and oxygen atoms in total. The fraction of sp³-hybridized carbons (Fsp3) is 0.512. The Hall–Kier alpha value is -5.08. The first-order valence-electron chi connectivity index (χ1n) is 20.0. The number of amides is 3. The number of likely N-dealkylation sites (tertiary alicyclic amines) is 1. The van der Waals surface area contributed by atoms with Crippen LogP contribution in [0.2, 0.25) is 0 Å². The van der Waals surface area contributed by atoms with Gasteiger partial charge in [-0.25, -0.2) is 14.4 Å². The first-order valence-corrected chi connectivity index (χ1v) is 20.0. The maximum atomic E-state index is 12.6. The number of benzene rings is 2. The Kier molecular flexibility index (Phi) is 13.1. The van der Waals surface area contributed by atoms with E-state index in [-0.39, 0.29) is 47.9 Å². The molecule has 312 valence electrons. The van der Waals surface area contributed by atoms with Gasteiger partial charge in [0.1, 0.15) is 18.8 Å². The molecule has 4 aromatic rings. The summed E-state index contributed by atoms with van der Waals surface area (Å²) in [6.07, 6.45) is 4.53. The van der Waals surface area contributed by atoms with E-state index in [1.54, 1.807) is 11.1 Å². The van der Waals surface area contributed by atoms with Crippen LogP contribution in [0.5, 0.6) is 0 Å². The van der Waals surface area contributed by atoms with Gasteiger partial charge in [0.05, 0.1) is 0 Å². The summed E-state index contributed by atoms with van der Waals surface area (Å²) in [4.78, 5) is 39.0. The van der Waals surface area contributed by atoms with Crippen molar-refractivity contribution in [3.63, 3.8) is 0 Å². The Morgan fingerprint density at radius 2 is 1.24 bits per heavy atom. The van der Waals surface area contributed by atoms with Crippen LogP contribution in [0.3, 0.4) is 0 Å². The molecule has 3 N–H and O–H groups in total. The number of halogens is 1. The lowest BCUT2D eigenvalue weighted by atomic mass is 9.96. The monoisotopic (exact) mass is 816 g/mol. The van der Waals surface area contributed by atoms with Crippen LogP contribution in [-0.4, -0.2) is 87.6 Å². The number of hydrogen-bond acceptors (Lipinski definition) is 9. The lowest BCUT2D eigenvalue weighted by Crippen LogP contribution is -2.41. The fourth-order valence-corrected chi connectivity index (χ4v) is 9.48. The summed E-state index contributed by atoms with van der Waals surface area (Å²) in [7, 11) is 3.89. The smallest absolute Gasteiger partial charge is 0.410 e. The van der Waals surface area contributed by atoms with Gasteiger partial charge in [0.2, 0.25) is 0 Å². The molecule has 2 aromatic heterocycles. The molecule has 3 amide bonds. The third kappa shape index (κ3) is 9.13. The van der Waals surface area contributed by atoms with Crippen molar-refractivity contribution >= 4 is 30.7 Å². The van der Waals surface area contributed by atoms with E-state index in [9.17, 15) is 14.4 Å². The van der Waals surface area contributed by atoms with Crippen molar-refractivity contribution in [1.29, 1.82) is 0 Å². The number of aromatic nitrogens is 4. The summed E-state index contributed by atoms with van der Waals surface area (Å²) in [5, 5.41) is 18.1. The highest BCUT2D eigenvalue weighted by atomic mass is 35.5. The molecule has 0 spiro atoms. The SMILES string of the molecule is Cl.Cn1nccc1C1(CNC(=O)OCc2ccccc2)C2CCN(C(=O)OC(C)(C)C)CC21.Cn1nccc1C1(CNC(=O)OCc2ccccc2)C2CCNCC21. The van der Waals surface area contributed by atoms with Crippen LogP contribution in [0.1, 0.15) is 56.1 Å². The van der Waals surface area contributed by atoms with Gasteiger partial charge in [0, 0.05) is 74.9 Å². The molecule has 4 heterocycles. The van der Waals surface area contributed by atoms with Crippen molar-refractivity contribution in [2.75, 3.05) is 39.3 Å². The molecule has 4 aliphatic rings. The van der Waals surface area contributed by atoms with Gasteiger partial charge in [-0.3, -0.25) is 9.36 Å². The van der Waals surface area contributed by atoms with Crippen molar-refractivity contribution in [3.8, 4) is 0 Å². The van der Waals surface area contributed by atoms with Gasteiger partial charge < -0.3 is 35.1 Å². The standard InChI is InChI=1S/C24H32N4O4.C19H24N4O2.ClH/c1-23(2,3)32-22(30)28-13-11-18-19(14-28)24(18,20-10-12-26-27(20)4)16-25-21(29)31-15-17-8-6-5-7-9-17;1-23-17(8-10-22-23)19(15-7-9-20-11-16(15)19)13-21-18(24)25-12-14-5-3-2-4-6-14;/h5-10,12,18-19H,11,13-16H2,1-4H3,(H,25,29);2-6,8,10,15-16,20H,7,9,11-13H2,1H3,(H,21,24);1H. The predicted molar refractivity (Wildman–Crippen MR) is 220 cm³/mol. The Morgan fingerprint density at radius 3 is 1.69 bits per heavy atom. The van der Waals surface area contributed by atoms with E-state index in [0.717, 1.165) is 42.8 Å². The summed E-state index contributed by atoms with van der Waals surface area (Å²) >= 11 is 0. The highest BCUT2D eigenvalue weighted by Crippen LogP contribution is 2.63. The Bertz CT molecular complexity index is 1990. The van der Waals surface area contributed by atoms with E-state index < -0.39 is 11.7 Å². The van der Waals surface area contributed by atoms with Crippen LogP contribution >= 0.6 is 12.4 Å². The number of hydrogen-bond donors (Lipinski definition) is 3. The Balaban J connectivity index is 0.000000198. The normalized spacial score (nSPS) is 25.3. The zero-order valence-electron chi connectivity index (χ0n) is 34.1. The molecule has 0 radical (unpaired) electrons. The minimum Gasteiger partial charge on any atom is -0.445 e. The summed E-state index contributed by atoms with van der Waals surface area (Å²) < 4.78 is 20.2. The van der Waals surface area contributed by atoms with Crippen molar-refractivity contribution in [3.05, 3.63) is 108 Å². The Labute approximate surface area is 346 Å². The number of nitrogens with one attached hydrogen (secondary N) is 3. The van der Waals surface area contributed by atoms with Crippen LogP contribution in [0, 0.1) is 23.7 Å². The van der Waals surface area contributed by atoms with E-state index in [2.05, 4.69) is 32.2 Å². The molecule has 2 saturated heterocycles. The molecule has 58 heavy (non-hydrogen) atoms. The van der Waals surface area contributed by atoms with E-state index >= 15 is 0 Å². The van der Waals surface area contributed by atoms with Crippen molar-refractivity contribution < 1.29 is 28.6 Å². The molecular formula is C43H57ClN8O6. The maximum absolute atomic E-state index is 12.6. The predicted octanol–water partition coefficient (Wildman–Crippen LogP) is 5.72. The fourth-order valence-electron chi connectivity index (χ4n) is 9.48. The highest BCUT2D eigenvalue weighted by Gasteiger charge is 2.68. The van der Waals surface area contributed by atoms with Crippen molar-refractivity contribution in [2.45, 2.75) is 63.3 Å². The van der Waals surface area contributed by atoms with E-state index in [4.69, 9.17) is 14.2 Å². The molecular weight excluding hydrogens is 760 g/mol. The zero-order chi connectivity index (χ0) is 40.2. The average Bonchev–Trinajstić information content (AvgIpc) is 3.86. The lowest BCUT2D eigenvalue weighted by Gasteiger charge is -2.29. The van der Waals surface area contributed by atoms with Crippen LogP contribution < -0.4 is 16.0 Å². The number of ether oxygens (including phenoxy) is 3. The second-order valence-corrected chi connectivity index (χ2v) is 16.7. The molecule has 6 atom stereocenters. The number of rotatable bonds is 10. The number of aryl methyl sites for hydroxylation is 2. The molecule has 2 aliphatic heterocycles. The summed E-state index contributed by atoms with van der Waals surface area (Å²) in [6, 6.07) is 23.4. The quantitative estimate of drug-likeness (QED) is 0.171. The van der Waals surface area contributed by atoms with Gasteiger partial charge in [-0.2, -0.15) is 10.2 Å². The average molecular weight is 817 g/mol. The first-order chi connectivity index (χ1) is 27.4. The van der Waals surface area contributed by atoms with Gasteiger partial charge in [-0.1, -0.05) is 60.7 Å². The van der Waals surface area contributed by atoms with Gasteiger partial charge >= 0.3 is 18.3 Å². The summed E-state index contributed by atoms with van der Waals surface area (Å²) in [6.45, 7) is 10.5. The van der Waals surface area contributed by atoms with Crippen LogP contribution in [-0.2, 0) is 52.3 Å². The number of piperidine rings is 2. The van der Waals surface area contributed by atoms with E-state index in [0.29, 0.717) is 50.5 Å². The summed E-state index contributed by atoms with van der Waals surface area (Å²) in [5.74, 6) is 1.74. The second kappa shape index (κ2) is 17.8. The largest absolute Gasteiger partial charge is 0.445 e. The molecule has 0 bridgehead atoms. The molecule has 6 unspecified atom stereocenters.